The molecule has 8 aromatic carbocycles. The van der Waals surface area contributed by atoms with Gasteiger partial charge in [-0.1, -0.05) is 157 Å². The quantitative estimate of drug-likeness (QED) is 0.115. The van der Waals surface area contributed by atoms with Crippen LogP contribution in [0.2, 0.25) is 0 Å². The van der Waals surface area contributed by atoms with E-state index in [0.29, 0.717) is 11.8 Å². The molecule has 1 aliphatic rings. The molecule has 0 atom stereocenters. The summed E-state index contributed by atoms with van der Waals surface area (Å²) in [6.45, 7) is 22.3. The zero-order valence-electron chi connectivity index (χ0n) is 36.9. The van der Waals surface area contributed by atoms with Crippen molar-refractivity contribution in [2.75, 3.05) is 0 Å². The first-order valence-corrected chi connectivity index (χ1v) is 28.6. The molecular weight excluding hydrogens is 863 g/mol. The van der Waals surface area contributed by atoms with E-state index in [2.05, 4.69) is 197 Å². The molecule has 60 heavy (non-hydrogen) atoms. The number of aryl methyl sites for hydroxylation is 6. The van der Waals surface area contributed by atoms with Gasteiger partial charge in [-0.3, -0.25) is 0 Å². The Labute approximate surface area is 381 Å². The molecule has 1 heterocycles. The van der Waals surface area contributed by atoms with Crippen LogP contribution in [0, 0.1) is 33.8 Å². The molecule has 8 aromatic rings. The van der Waals surface area contributed by atoms with Gasteiger partial charge in [-0.05, 0) is 63.5 Å². The van der Waals surface area contributed by atoms with Gasteiger partial charge in [0.2, 0.25) is 0 Å². The molecule has 9 rings (SSSR count). The summed E-state index contributed by atoms with van der Waals surface area (Å²) < 4.78 is 0. The van der Waals surface area contributed by atoms with Gasteiger partial charge in [-0.15, -0.1) is 74.6 Å². The Balaban J connectivity index is 0.000000150. The largest absolute Gasteiger partial charge is 0.184 e. The second-order valence-electron chi connectivity index (χ2n) is 16.8. The van der Waals surface area contributed by atoms with E-state index in [0.717, 1.165) is 22.4 Å². The van der Waals surface area contributed by atoms with Gasteiger partial charge in [0.05, 0.1) is 9.52 Å². The van der Waals surface area contributed by atoms with Crippen molar-refractivity contribution in [2.45, 2.75) is 93.9 Å². The van der Waals surface area contributed by atoms with Crippen LogP contribution < -0.4 is 10.4 Å². The van der Waals surface area contributed by atoms with Gasteiger partial charge in [-0.2, -0.15) is 41.6 Å². The third-order valence-corrected chi connectivity index (χ3v) is 12.8. The number of hydrogen-bond acceptors (Lipinski definition) is 0. The molecule has 0 amide bonds. The first-order valence-electron chi connectivity index (χ1n) is 21.3. The molecule has 0 unspecified atom stereocenters. The maximum atomic E-state index is 4.93. The van der Waals surface area contributed by atoms with E-state index in [4.69, 9.17) is 17.0 Å². The second kappa shape index (κ2) is 20.9. The summed E-state index contributed by atoms with van der Waals surface area (Å²) in [4.78, 5) is 0. The van der Waals surface area contributed by atoms with E-state index < -0.39 is 20.8 Å². The molecule has 0 spiro atoms. The maximum Gasteiger partial charge on any atom is 0.0920 e. The number of hydrogen-bond donors (Lipinski definition) is 0. The standard InChI is InChI=1S/2C22H25.C12H7Si.2ClH.Zr/c2*1-6-17-7-8-18-12-19(14(2)3)13-21(18)22(17)20-10-15(4)9-16(5)11-20;1-3-7-11-9(5-1)10-6-2-4-8-12(10)13-11;;;/h2*7-14H,6H2,1-5H3;1-7H;2*1H;/q3*-1;;;+2/p-2. The predicted molar refractivity (Wildman–Crippen MR) is 263 cm³/mol. The monoisotopic (exact) mass is 917 g/mol. The van der Waals surface area contributed by atoms with Crippen LogP contribution in [0.5, 0.6) is 0 Å². The number of fused-ring (bicyclic) bond motifs is 5. The smallest absolute Gasteiger partial charge is 0.0920 e. The fraction of sp³-hybridized carbons (Fsp3) is 0.250. The van der Waals surface area contributed by atoms with Gasteiger partial charge >= 0.3 is 37.9 Å². The van der Waals surface area contributed by atoms with Crippen LogP contribution >= 0.6 is 17.0 Å². The molecule has 306 valence electrons. The summed E-state index contributed by atoms with van der Waals surface area (Å²) in [6.07, 6.45) is 2.14. The van der Waals surface area contributed by atoms with Crippen molar-refractivity contribution in [1.82, 2.24) is 0 Å². The first kappa shape index (κ1) is 45.7. The van der Waals surface area contributed by atoms with Crippen molar-refractivity contribution in [3.63, 3.8) is 0 Å². The molecule has 0 bridgehead atoms. The molecule has 0 aliphatic carbocycles. The Morgan fingerprint density at radius 1 is 0.567 bits per heavy atom. The van der Waals surface area contributed by atoms with Crippen molar-refractivity contribution >= 4 is 58.5 Å². The van der Waals surface area contributed by atoms with E-state index in [9.17, 15) is 0 Å². The van der Waals surface area contributed by atoms with Gasteiger partial charge in [0.1, 0.15) is 0 Å². The van der Waals surface area contributed by atoms with Crippen LogP contribution in [-0.2, 0) is 33.7 Å². The van der Waals surface area contributed by atoms with E-state index in [1.165, 1.54) is 110 Å². The van der Waals surface area contributed by atoms with E-state index >= 15 is 0 Å². The van der Waals surface area contributed by atoms with Crippen LogP contribution in [0.15, 0.2) is 127 Å². The van der Waals surface area contributed by atoms with Crippen molar-refractivity contribution in [3.05, 3.63) is 178 Å². The van der Waals surface area contributed by atoms with Crippen molar-refractivity contribution in [3.8, 4) is 33.4 Å². The Bertz CT molecular complexity index is 2480. The minimum absolute atomic E-state index is 0.574. The van der Waals surface area contributed by atoms with Gasteiger partial charge < -0.3 is 0 Å². The fourth-order valence-corrected chi connectivity index (χ4v) is 9.91. The molecular formula is C56H57Cl2SiZr-3. The maximum absolute atomic E-state index is 4.93. The minimum atomic E-state index is -0.826. The third kappa shape index (κ3) is 10.6. The summed E-state index contributed by atoms with van der Waals surface area (Å²) in [6, 6.07) is 50.6. The number of rotatable bonds is 6. The zero-order chi connectivity index (χ0) is 43.1. The number of halogens is 2. The average molecular weight is 920 g/mol. The molecule has 4 heteroatoms. The molecule has 0 N–H and O–H groups in total. The van der Waals surface area contributed by atoms with E-state index in [1.807, 2.05) is 6.07 Å². The molecule has 0 nitrogen and oxygen atoms in total. The molecule has 0 aromatic heterocycles. The summed E-state index contributed by atoms with van der Waals surface area (Å²) in [5.41, 5.74) is 19.5. The minimum Gasteiger partial charge on any atom is -0.184 e. The van der Waals surface area contributed by atoms with Gasteiger partial charge in [0.15, 0.2) is 0 Å². The SMILES string of the molecule is CCc1ccc2[cH-]c(C(C)C)cc2c1-c1cc(C)cc(C)c1.CCc1ccc2[cH-]c(C(C)C)cc2c1-c1cc(C)cc(C)c1.[Cl][Zr][Cl].[c-]1cccc2c1[Si]c1ccccc1-2. The van der Waals surface area contributed by atoms with Crippen LogP contribution in [0.4, 0.5) is 0 Å². The summed E-state index contributed by atoms with van der Waals surface area (Å²) in [7, 11) is 10.7. The van der Waals surface area contributed by atoms with Gasteiger partial charge in [0.25, 0.3) is 0 Å². The van der Waals surface area contributed by atoms with E-state index in [-0.39, 0.29) is 0 Å². The molecule has 0 saturated carbocycles. The van der Waals surface area contributed by atoms with Crippen LogP contribution in [0.3, 0.4) is 0 Å². The third-order valence-electron chi connectivity index (χ3n) is 11.4. The van der Waals surface area contributed by atoms with Crippen LogP contribution in [0.25, 0.3) is 54.9 Å². The topological polar surface area (TPSA) is 0 Å². The van der Waals surface area contributed by atoms with E-state index in [1.54, 1.807) is 0 Å². The van der Waals surface area contributed by atoms with Crippen LogP contribution in [-0.4, -0.2) is 9.52 Å². The molecule has 2 radical (unpaired) electrons. The van der Waals surface area contributed by atoms with Crippen molar-refractivity contribution < 1.29 is 20.8 Å². The predicted octanol–water partition coefficient (Wildman–Crippen LogP) is 15.6. The zero-order valence-corrected chi connectivity index (χ0v) is 41.9. The summed E-state index contributed by atoms with van der Waals surface area (Å²) in [5, 5.41) is 8.38. The Kier molecular flexibility index (Phi) is 15.9. The fourth-order valence-electron chi connectivity index (χ4n) is 8.60. The van der Waals surface area contributed by atoms with Crippen molar-refractivity contribution in [2.24, 2.45) is 0 Å². The van der Waals surface area contributed by atoms with Crippen molar-refractivity contribution in [1.29, 1.82) is 0 Å². The Morgan fingerprint density at radius 2 is 1.00 bits per heavy atom. The first-order chi connectivity index (χ1) is 28.8. The second-order valence-corrected chi connectivity index (χ2v) is 21.8. The van der Waals surface area contributed by atoms with Gasteiger partial charge in [0, 0.05) is 0 Å². The molecule has 0 fully saturated rings. The summed E-state index contributed by atoms with van der Waals surface area (Å²) in [5.74, 6) is 1.15. The van der Waals surface area contributed by atoms with Crippen LogP contribution in [0.1, 0.15) is 97.9 Å². The normalized spacial score (nSPS) is 11.4. The Hall–Kier alpha value is -3.78. The Morgan fingerprint density at radius 3 is 1.43 bits per heavy atom. The van der Waals surface area contributed by atoms with Gasteiger partial charge in [-0.25, -0.2) is 0 Å². The summed E-state index contributed by atoms with van der Waals surface area (Å²) >= 11 is -0.826. The number of benzene rings is 6. The molecule has 0 saturated heterocycles. The average Bonchev–Trinajstić information content (AvgIpc) is 3.96. The molecule has 1 aliphatic heterocycles.